The van der Waals surface area contributed by atoms with Crippen molar-refractivity contribution in [3.63, 3.8) is 0 Å². The molecule has 1 aromatic heterocycles. The summed E-state index contributed by atoms with van der Waals surface area (Å²) in [5.41, 5.74) is 3.54. The van der Waals surface area contributed by atoms with E-state index in [4.69, 9.17) is 4.74 Å². The molecule has 2 N–H and O–H groups in total. The van der Waals surface area contributed by atoms with Crippen LogP contribution in [0.2, 0.25) is 0 Å². The molecule has 31 heavy (non-hydrogen) atoms. The van der Waals surface area contributed by atoms with Crippen LogP contribution in [0.1, 0.15) is 5.56 Å². The molecular formula is C23H18N4O4. The standard InChI is InChI=1S/C23H18N4O4/c1-31-21-11-10-16(23-25-18-7-2-3-8-19(18)26-23)14-20(21)24-22(28)12-9-15-5-4-6-17(13-15)27(29)30/h2-14H,1H3,(H,24,28)(H,25,26)/b12-9+. The molecule has 4 rings (SSSR count). The van der Waals surface area contributed by atoms with Gasteiger partial charge in [-0.1, -0.05) is 24.3 Å². The molecule has 1 amide bonds. The van der Waals surface area contributed by atoms with E-state index in [1.807, 2.05) is 30.3 Å². The summed E-state index contributed by atoms with van der Waals surface area (Å²) in [6.07, 6.45) is 2.82. The number of fused-ring (bicyclic) bond motifs is 1. The van der Waals surface area contributed by atoms with E-state index in [1.54, 1.807) is 24.3 Å². The van der Waals surface area contributed by atoms with Gasteiger partial charge in [-0.05, 0) is 42.0 Å². The molecule has 4 aromatic rings. The van der Waals surface area contributed by atoms with Gasteiger partial charge in [0, 0.05) is 23.8 Å². The molecule has 0 spiro atoms. The number of nitro benzene ring substituents is 1. The molecule has 0 saturated heterocycles. The zero-order chi connectivity index (χ0) is 21.8. The zero-order valence-corrected chi connectivity index (χ0v) is 16.5. The number of carbonyl (C=O) groups is 1. The van der Waals surface area contributed by atoms with E-state index in [-0.39, 0.29) is 5.69 Å². The Morgan fingerprint density at radius 2 is 1.97 bits per heavy atom. The van der Waals surface area contributed by atoms with Gasteiger partial charge in [0.15, 0.2) is 0 Å². The summed E-state index contributed by atoms with van der Waals surface area (Å²) in [4.78, 5) is 30.7. The first-order chi connectivity index (χ1) is 15.0. The van der Waals surface area contributed by atoms with Crippen LogP contribution in [0.25, 0.3) is 28.5 Å². The van der Waals surface area contributed by atoms with Gasteiger partial charge in [-0.2, -0.15) is 0 Å². The fourth-order valence-electron chi connectivity index (χ4n) is 3.13. The summed E-state index contributed by atoms with van der Waals surface area (Å²) < 4.78 is 5.36. The van der Waals surface area contributed by atoms with Crippen LogP contribution in [0.3, 0.4) is 0 Å². The molecule has 8 nitrogen and oxygen atoms in total. The molecule has 0 aliphatic heterocycles. The summed E-state index contributed by atoms with van der Waals surface area (Å²) in [5, 5.41) is 13.7. The summed E-state index contributed by atoms with van der Waals surface area (Å²) >= 11 is 0. The summed E-state index contributed by atoms with van der Waals surface area (Å²) in [6.45, 7) is 0. The molecule has 1 heterocycles. The smallest absolute Gasteiger partial charge is 0.270 e. The number of amides is 1. The predicted molar refractivity (Wildman–Crippen MR) is 119 cm³/mol. The van der Waals surface area contributed by atoms with Crippen molar-refractivity contribution in [3.8, 4) is 17.1 Å². The van der Waals surface area contributed by atoms with Gasteiger partial charge in [0.2, 0.25) is 5.91 Å². The fourth-order valence-corrected chi connectivity index (χ4v) is 3.13. The molecule has 8 heteroatoms. The molecule has 0 unspecified atom stereocenters. The van der Waals surface area contributed by atoms with Crippen LogP contribution < -0.4 is 10.1 Å². The highest BCUT2D eigenvalue weighted by atomic mass is 16.6. The minimum absolute atomic E-state index is 0.0391. The monoisotopic (exact) mass is 414 g/mol. The number of aromatic amines is 1. The first-order valence-corrected chi connectivity index (χ1v) is 9.40. The minimum Gasteiger partial charge on any atom is -0.495 e. The first-order valence-electron chi connectivity index (χ1n) is 9.40. The number of nitrogens with zero attached hydrogens (tertiary/aromatic N) is 2. The number of para-hydroxylation sites is 2. The number of rotatable bonds is 6. The van der Waals surface area contributed by atoms with Gasteiger partial charge in [-0.15, -0.1) is 0 Å². The number of carbonyl (C=O) groups excluding carboxylic acids is 1. The van der Waals surface area contributed by atoms with Gasteiger partial charge in [0.25, 0.3) is 5.69 Å². The van der Waals surface area contributed by atoms with Gasteiger partial charge in [0.1, 0.15) is 11.6 Å². The number of benzene rings is 3. The number of methoxy groups -OCH3 is 1. The Hall–Kier alpha value is -4.46. The van der Waals surface area contributed by atoms with Crippen molar-refractivity contribution >= 4 is 34.4 Å². The van der Waals surface area contributed by atoms with Crippen molar-refractivity contribution in [1.82, 2.24) is 9.97 Å². The van der Waals surface area contributed by atoms with Crippen LogP contribution in [0, 0.1) is 10.1 Å². The lowest BCUT2D eigenvalue weighted by Crippen LogP contribution is -2.09. The highest BCUT2D eigenvalue weighted by Crippen LogP contribution is 2.30. The normalized spacial score (nSPS) is 11.0. The molecule has 0 saturated carbocycles. The van der Waals surface area contributed by atoms with Gasteiger partial charge in [-0.3, -0.25) is 14.9 Å². The Balaban J connectivity index is 1.57. The third-order valence-electron chi connectivity index (χ3n) is 4.63. The highest BCUT2D eigenvalue weighted by Gasteiger charge is 2.11. The number of nitro groups is 1. The minimum atomic E-state index is -0.480. The Kier molecular flexibility index (Phi) is 5.44. The van der Waals surface area contributed by atoms with Crippen LogP contribution >= 0.6 is 0 Å². The summed E-state index contributed by atoms with van der Waals surface area (Å²) in [6, 6.07) is 19.1. The van der Waals surface area contributed by atoms with Gasteiger partial charge in [0.05, 0.1) is 28.8 Å². The van der Waals surface area contributed by atoms with Crippen molar-refractivity contribution < 1.29 is 14.5 Å². The second-order valence-electron chi connectivity index (χ2n) is 6.69. The number of non-ortho nitro benzene ring substituents is 1. The molecule has 0 atom stereocenters. The van der Waals surface area contributed by atoms with Crippen molar-refractivity contribution in [3.05, 3.63) is 88.5 Å². The summed E-state index contributed by atoms with van der Waals surface area (Å²) in [7, 11) is 1.52. The van der Waals surface area contributed by atoms with Crippen LogP contribution in [0.5, 0.6) is 5.75 Å². The molecular weight excluding hydrogens is 396 g/mol. The number of hydrogen-bond donors (Lipinski definition) is 2. The van der Waals surface area contributed by atoms with E-state index in [2.05, 4.69) is 15.3 Å². The molecule has 0 radical (unpaired) electrons. The Labute approximate surface area is 177 Å². The van der Waals surface area contributed by atoms with E-state index in [0.29, 0.717) is 22.8 Å². The number of anilines is 1. The van der Waals surface area contributed by atoms with Crippen LogP contribution in [-0.4, -0.2) is 27.9 Å². The van der Waals surface area contributed by atoms with E-state index in [1.165, 1.54) is 31.4 Å². The Bertz CT molecular complexity index is 1280. The van der Waals surface area contributed by atoms with Crippen LogP contribution in [-0.2, 0) is 4.79 Å². The number of nitrogens with one attached hydrogen (secondary N) is 2. The maximum absolute atomic E-state index is 12.5. The van der Waals surface area contributed by atoms with Crippen molar-refractivity contribution in [2.24, 2.45) is 0 Å². The predicted octanol–water partition coefficient (Wildman–Crippen LogP) is 4.80. The maximum atomic E-state index is 12.5. The van der Waals surface area contributed by atoms with E-state index >= 15 is 0 Å². The number of ether oxygens (including phenoxy) is 1. The lowest BCUT2D eigenvalue weighted by atomic mass is 10.1. The molecule has 0 aliphatic carbocycles. The average molecular weight is 414 g/mol. The van der Waals surface area contributed by atoms with E-state index in [9.17, 15) is 14.9 Å². The second-order valence-corrected chi connectivity index (χ2v) is 6.69. The van der Waals surface area contributed by atoms with E-state index in [0.717, 1.165) is 16.6 Å². The van der Waals surface area contributed by atoms with Crippen molar-refractivity contribution in [1.29, 1.82) is 0 Å². The highest BCUT2D eigenvalue weighted by molar-refractivity contribution is 6.03. The zero-order valence-electron chi connectivity index (χ0n) is 16.5. The van der Waals surface area contributed by atoms with Crippen LogP contribution in [0.15, 0.2) is 72.8 Å². The third kappa shape index (κ3) is 4.43. The number of H-pyrrole nitrogens is 1. The van der Waals surface area contributed by atoms with E-state index < -0.39 is 10.8 Å². The fraction of sp³-hybridized carbons (Fsp3) is 0.0435. The molecule has 0 fully saturated rings. The average Bonchev–Trinajstić information content (AvgIpc) is 3.22. The second kappa shape index (κ2) is 8.50. The molecule has 0 aliphatic rings. The van der Waals surface area contributed by atoms with Crippen molar-refractivity contribution in [2.75, 3.05) is 12.4 Å². The quantitative estimate of drug-likeness (QED) is 0.268. The topological polar surface area (TPSA) is 110 Å². The number of hydrogen-bond acceptors (Lipinski definition) is 5. The van der Waals surface area contributed by atoms with Gasteiger partial charge in [-0.25, -0.2) is 4.98 Å². The van der Waals surface area contributed by atoms with Crippen LogP contribution in [0.4, 0.5) is 11.4 Å². The number of imidazole rings is 1. The third-order valence-corrected chi connectivity index (χ3v) is 4.63. The van der Waals surface area contributed by atoms with Crippen molar-refractivity contribution in [2.45, 2.75) is 0 Å². The lowest BCUT2D eigenvalue weighted by Gasteiger charge is -2.10. The summed E-state index contributed by atoms with van der Waals surface area (Å²) in [5.74, 6) is 0.773. The lowest BCUT2D eigenvalue weighted by molar-refractivity contribution is -0.384. The number of aromatic nitrogens is 2. The molecule has 154 valence electrons. The molecule has 0 bridgehead atoms. The van der Waals surface area contributed by atoms with Gasteiger partial charge < -0.3 is 15.0 Å². The van der Waals surface area contributed by atoms with Gasteiger partial charge >= 0.3 is 0 Å². The Morgan fingerprint density at radius 3 is 2.74 bits per heavy atom. The molecule has 3 aromatic carbocycles. The first kappa shape index (κ1) is 19.8. The SMILES string of the molecule is COc1ccc(-c2nc3ccccc3[nH]2)cc1NC(=O)/C=C/c1cccc([N+](=O)[O-])c1. The Morgan fingerprint density at radius 1 is 1.13 bits per heavy atom. The maximum Gasteiger partial charge on any atom is 0.270 e. The largest absolute Gasteiger partial charge is 0.495 e.